The van der Waals surface area contributed by atoms with E-state index in [1.54, 1.807) is 0 Å². The summed E-state index contributed by atoms with van der Waals surface area (Å²) >= 11 is 0. The number of aromatic hydroxyl groups is 1. The van der Waals surface area contributed by atoms with Crippen LogP contribution in [0.1, 0.15) is 69.7 Å². The van der Waals surface area contributed by atoms with Gasteiger partial charge >= 0.3 is 11.9 Å². The Morgan fingerprint density at radius 1 is 1.19 bits per heavy atom. The zero-order valence-electron chi connectivity index (χ0n) is 15.8. The summed E-state index contributed by atoms with van der Waals surface area (Å²) in [4.78, 5) is 23.3. The minimum absolute atomic E-state index is 0.00564. The number of carbonyl (C=O) groups excluding carboxylic acids is 1. The first-order valence-corrected chi connectivity index (χ1v) is 8.92. The van der Waals surface area contributed by atoms with Gasteiger partial charge in [-0.2, -0.15) is 0 Å². The number of ether oxygens (including phenoxy) is 1. The van der Waals surface area contributed by atoms with Crippen LogP contribution in [0.2, 0.25) is 0 Å². The molecule has 0 atom stereocenters. The molecule has 0 radical (unpaired) electrons. The minimum atomic E-state index is -1.26. The number of carboxylic acid groups (broad SMARTS) is 1. The lowest BCUT2D eigenvalue weighted by Gasteiger charge is -2.26. The molecule has 1 aromatic rings. The number of nitrogens with one attached hydrogen (secondary N) is 1. The van der Waals surface area contributed by atoms with E-state index in [1.165, 1.54) is 37.5 Å². The maximum atomic E-state index is 12.2. The number of hydrogen-bond donors (Lipinski definition) is 3. The van der Waals surface area contributed by atoms with Gasteiger partial charge in [-0.15, -0.1) is 0 Å². The first-order valence-electron chi connectivity index (χ1n) is 8.92. The molecule has 0 spiro atoms. The standard InChI is InChI=1S/C20H29NO5/c1-5-6-7-8-9-12-20(3,4)26-19(25)14(2)21-15-10-11-17(22)16(13-15)18(23)24/h10-11,13,21-22H,2,5-9,12H2,1,3-4H3,(H,23,24). The van der Waals surface area contributed by atoms with Gasteiger partial charge in [0.2, 0.25) is 0 Å². The second kappa shape index (κ2) is 9.85. The summed E-state index contributed by atoms with van der Waals surface area (Å²) in [5.74, 6) is -2.20. The molecule has 0 unspecified atom stereocenters. The van der Waals surface area contributed by atoms with Crippen molar-refractivity contribution in [1.29, 1.82) is 0 Å². The summed E-state index contributed by atoms with van der Waals surface area (Å²) in [7, 11) is 0. The number of unbranched alkanes of at least 4 members (excludes halogenated alkanes) is 4. The normalized spacial score (nSPS) is 11.0. The molecule has 0 bridgehead atoms. The van der Waals surface area contributed by atoms with Crippen LogP contribution in [0.5, 0.6) is 5.75 Å². The second-order valence-electron chi connectivity index (χ2n) is 6.95. The highest BCUT2D eigenvalue weighted by atomic mass is 16.6. The third-order valence-electron chi connectivity index (χ3n) is 4.02. The van der Waals surface area contributed by atoms with Crippen LogP contribution in [0.15, 0.2) is 30.5 Å². The Bertz CT molecular complexity index is 652. The van der Waals surface area contributed by atoms with Crippen molar-refractivity contribution in [2.24, 2.45) is 0 Å². The first-order chi connectivity index (χ1) is 12.2. The maximum Gasteiger partial charge on any atom is 0.354 e. The minimum Gasteiger partial charge on any atom is -0.507 e. The summed E-state index contributed by atoms with van der Waals surface area (Å²) in [6, 6.07) is 3.93. The molecular weight excluding hydrogens is 334 g/mol. The molecule has 26 heavy (non-hydrogen) atoms. The van der Waals surface area contributed by atoms with E-state index < -0.39 is 17.5 Å². The van der Waals surface area contributed by atoms with Crippen LogP contribution in [0, 0.1) is 0 Å². The number of rotatable bonds is 11. The van der Waals surface area contributed by atoms with Crippen molar-refractivity contribution in [2.45, 2.75) is 64.9 Å². The van der Waals surface area contributed by atoms with E-state index in [9.17, 15) is 14.7 Å². The fourth-order valence-electron chi connectivity index (χ4n) is 2.53. The number of carbonyl (C=O) groups is 2. The van der Waals surface area contributed by atoms with Crippen LogP contribution in [0.3, 0.4) is 0 Å². The number of benzene rings is 1. The molecule has 0 aliphatic carbocycles. The maximum absolute atomic E-state index is 12.2. The Labute approximate surface area is 154 Å². The fraction of sp³-hybridized carbons (Fsp3) is 0.500. The number of phenols is 1. The van der Waals surface area contributed by atoms with Crippen molar-refractivity contribution in [2.75, 3.05) is 5.32 Å². The van der Waals surface area contributed by atoms with Crippen LogP contribution in [-0.4, -0.2) is 27.8 Å². The van der Waals surface area contributed by atoms with E-state index in [0.717, 1.165) is 19.3 Å². The molecular formula is C20H29NO5. The molecule has 0 saturated heterocycles. The molecule has 1 rings (SSSR count). The topological polar surface area (TPSA) is 95.9 Å². The van der Waals surface area contributed by atoms with E-state index in [-0.39, 0.29) is 17.0 Å². The number of anilines is 1. The number of aromatic carboxylic acids is 1. The van der Waals surface area contributed by atoms with Gasteiger partial charge in [-0.25, -0.2) is 9.59 Å². The van der Waals surface area contributed by atoms with Crippen LogP contribution in [-0.2, 0) is 9.53 Å². The first kappa shape index (κ1) is 21.5. The molecule has 0 aromatic heterocycles. The average Bonchev–Trinajstić information content (AvgIpc) is 2.55. The predicted octanol–water partition coefficient (Wildman–Crippen LogP) is 4.70. The highest BCUT2D eigenvalue weighted by Gasteiger charge is 2.24. The number of carboxylic acids is 1. The third kappa shape index (κ3) is 7.17. The molecule has 144 valence electrons. The molecule has 0 aliphatic rings. The summed E-state index contributed by atoms with van der Waals surface area (Å²) in [6.45, 7) is 9.55. The third-order valence-corrected chi connectivity index (χ3v) is 4.02. The van der Waals surface area contributed by atoms with Gasteiger partial charge in [0.25, 0.3) is 0 Å². The molecule has 6 nitrogen and oxygen atoms in total. The Morgan fingerprint density at radius 2 is 1.85 bits per heavy atom. The largest absolute Gasteiger partial charge is 0.507 e. The van der Waals surface area contributed by atoms with E-state index >= 15 is 0 Å². The quantitative estimate of drug-likeness (QED) is 0.228. The van der Waals surface area contributed by atoms with Gasteiger partial charge in [-0.3, -0.25) is 0 Å². The molecule has 0 amide bonds. The van der Waals surface area contributed by atoms with Gasteiger partial charge in [-0.1, -0.05) is 39.2 Å². The number of hydrogen-bond acceptors (Lipinski definition) is 5. The number of esters is 1. The smallest absolute Gasteiger partial charge is 0.354 e. The summed E-state index contributed by atoms with van der Waals surface area (Å²) in [5.41, 5.74) is -0.524. The zero-order valence-corrected chi connectivity index (χ0v) is 15.8. The van der Waals surface area contributed by atoms with Gasteiger partial charge in [0, 0.05) is 5.69 Å². The van der Waals surface area contributed by atoms with Crippen LogP contribution >= 0.6 is 0 Å². The van der Waals surface area contributed by atoms with Crippen molar-refractivity contribution >= 4 is 17.6 Å². The average molecular weight is 363 g/mol. The van der Waals surface area contributed by atoms with Crippen molar-refractivity contribution < 1.29 is 24.5 Å². The highest BCUT2D eigenvalue weighted by molar-refractivity contribution is 5.94. The van der Waals surface area contributed by atoms with E-state index in [0.29, 0.717) is 5.69 Å². The van der Waals surface area contributed by atoms with Gasteiger partial charge in [-0.05, 0) is 44.9 Å². The summed E-state index contributed by atoms with van der Waals surface area (Å²) < 4.78 is 5.51. The molecule has 0 heterocycles. The Hall–Kier alpha value is -2.50. The summed E-state index contributed by atoms with van der Waals surface area (Å²) in [5, 5.41) is 21.3. The lowest BCUT2D eigenvalue weighted by atomic mass is 9.99. The molecule has 6 heteroatoms. The van der Waals surface area contributed by atoms with Crippen molar-refractivity contribution in [3.63, 3.8) is 0 Å². The monoisotopic (exact) mass is 363 g/mol. The highest BCUT2D eigenvalue weighted by Crippen LogP contribution is 2.24. The van der Waals surface area contributed by atoms with Gasteiger partial charge in [0.05, 0.1) is 0 Å². The van der Waals surface area contributed by atoms with Crippen LogP contribution < -0.4 is 5.32 Å². The Kier molecular flexibility index (Phi) is 8.16. The molecule has 0 fully saturated rings. The zero-order chi connectivity index (χ0) is 19.7. The van der Waals surface area contributed by atoms with E-state index in [2.05, 4.69) is 18.8 Å². The molecule has 0 saturated carbocycles. The fourth-order valence-corrected chi connectivity index (χ4v) is 2.53. The van der Waals surface area contributed by atoms with E-state index in [1.807, 2.05) is 13.8 Å². The van der Waals surface area contributed by atoms with E-state index in [4.69, 9.17) is 9.84 Å². The van der Waals surface area contributed by atoms with Crippen molar-refractivity contribution in [3.8, 4) is 5.75 Å². The molecule has 1 aromatic carbocycles. The van der Waals surface area contributed by atoms with Crippen LogP contribution in [0.25, 0.3) is 0 Å². The van der Waals surface area contributed by atoms with Crippen molar-refractivity contribution in [1.82, 2.24) is 0 Å². The predicted molar refractivity (Wildman–Crippen MR) is 101 cm³/mol. The van der Waals surface area contributed by atoms with Crippen LogP contribution in [0.4, 0.5) is 5.69 Å². The Balaban J connectivity index is 2.58. The molecule has 3 N–H and O–H groups in total. The Morgan fingerprint density at radius 3 is 2.46 bits per heavy atom. The lowest BCUT2D eigenvalue weighted by molar-refractivity contribution is -0.151. The SMILES string of the molecule is C=C(Nc1ccc(O)c(C(=O)O)c1)C(=O)OC(C)(C)CCCCCCC. The van der Waals surface area contributed by atoms with Gasteiger partial charge in [0.15, 0.2) is 0 Å². The summed E-state index contributed by atoms with van der Waals surface area (Å²) in [6.07, 6.45) is 6.44. The van der Waals surface area contributed by atoms with Crippen molar-refractivity contribution in [3.05, 3.63) is 36.0 Å². The second-order valence-corrected chi connectivity index (χ2v) is 6.95. The van der Waals surface area contributed by atoms with Gasteiger partial charge < -0.3 is 20.3 Å². The molecule has 0 aliphatic heterocycles. The van der Waals surface area contributed by atoms with Gasteiger partial charge in [0.1, 0.15) is 22.6 Å². The lowest BCUT2D eigenvalue weighted by Crippen LogP contribution is -2.30.